The van der Waals surface area contributed by atoms with E-state index in [2.05, 4.69) is 16.3 Å². The highest BCUT2D eigenvalue weighted by Crippen LogP contribution is 2.35. The minimum Gasteiger partial charge on any atom is -0.426 e. The van der Waals surface area contributed by atoms with Crippen LogP contribution in [-0.4, -0.2) is 9.36 Å². The summed E-state index contributed by atoms with van der Waals surface area (Å²) in [5.74, 6) is 1.23. The summed E-state index contributed by atoms with van der Waals surface area (Å²) < 4.78 is 9.74. The number of aromatic nitrogens is 2. The highest BCUT2D eigenvalue weighted by atomic mass is 35.5. The Morgan fingerprint density at radius 1 is 1.47 bits per heavy atom. The Labute approximate surface area is 109 Å². The Bertz CT molecular complexity index is 495. The fraction of sp³-hybridized carbons (Fsp3) is 0.273. The third-order valence-corrected chi connectivity index (χ3v) is 3.04. The van der Waals surface area contributed by atoms with Crippen LogP contribution < -0.4 is 10.5 Å². The number of hydrogen-bond donors (Lipinski definition) is 1. The van der Waals surface area contributed by atoms with Crippen molar-refractivity contribution in [2.24, 2.45) is 0 Å². The molecule has 2 aromatic rings. The van der Waals surface area contributed by atoms with Gasteiger partial charge in [0.1, 0.15) is 5.82 Å². The van der Waals surface area contributed by atoms with Crippen LogP contribution >= 0.6 is 23.1 Å². The predicted octanol–water partition coefficient (Wildman–Crippen LogP) is 3.52. The van der Waals surface area contributed by atoms with Crippen molar-refractivity contribution in [1.29, 1.82) is 0 Å². The van der Waals surface area contributed by atoms with Gasteiger partial charge in [-0.2, -0.15) is 9.36 Å². The van der Waals surface area contributed by atoms with E-state index in [-0.39, 0.29) is 0 Å². The van der Waals surface area contributed by atoms with Crippen molar-refractivity contribution in [3.8, 4) is 10.9 Å². The lowest BCUT2D eigenvalue weighted by atomic mass is 10.3. The Hall–Kier alpha value is -1.33. The zero-order chi connectivity index (χ0) is 12.3. The third kappa shape index (κ3) is 2.87. The average Bonchev–Trinajstić information content (AvgIpc) is 2.72. The maximum absolute atomic E-state index is 6.00. The molecule has 90 valence electrons. The molecule has 0 spiro atoms. The molecule has 17 heavy (non-hydrogen) atoms. The number of ether oxygens (including phenoxy) is 1. The standard InChI is InChI=1S/C11H12ClN3OS/c1-2-4-9-14-11(17-15-9)16-10-7(12)5-3-6-8(10)13/h3,5-6H,2,4,13H2,1H3. The normalized spacial score (nSPS) is 10.5. The van der Waals surface area contributed by atoms with Gasteiger partial charge in [-0.15, -0.1) is 0 Å². The summed E-state index contributed by atoms with van der Waals surface area (Å²) in [6, 6.07) is 5.23. The van der Waals surface area contributed by atoms with Crippen LogP contribution in [0.2, 0.25) is 5.02 Å². The Balaban J connectivity index is 2.19. The number of benzene rings is 1. The van der Waals surface area contributed by atoms with Crippen molar-refractivity contribution >= 4 is 28.8 Å². The van der Waals surface area contributed by atoms with Crippen LogP contribution in [0.4, 0.5) is 5.69 Å². The van der Waals surface area contributed by atoms with E-state index in [0.29, 0.717) is 21.7 Å². The van der Waals surface area contributed by atoms with Crippen molar-refractivity contribution < 1.29 is 4.74 Å². The Morgan fingerprint density at radius 2 is 2.29 bits per heavy atom. The molecule has 0 bridgehead atoms. The number of aryl methyl sites for hydroxylation is 1. The lowest BCUT2D eigenvalue weighted by Gasteiger charge is -2.06. The number of para-hydroxylation sites is 1. The number of nitrogen functional groups attached to an aromatic ring is 1. The molecule has 0 radical (unpaired) electrons. The molecule has 1 aromatic heterocycles. The Morgan fingerprint density at radius 3 is 3.00 bits per heavy atom. The van der Waals surface area contributed by atoms with Gasteiger partial charge in [0.25, 0.3) is 5.19 Å². The van der Waals surface area contributed by atoms with Gasteiger partial charge in [0, 0.05) is 18.0 Å². The fourth-order valence-electron chi connectivity index (χ4n) is 1.33. The molecule has 4 nitrogen and oxygen atoms in total. The van der Waals surface area contributed by atoms with Crippen LogP contribution in [0.1, 0.15) is 19.2 Å². The van der Waals surface area contributed by atoms with Crippen LogP contribution in [0, 0.1) is 0 Å². The molecule has 2 rings (SSSR count). The minimum absolute atomic E-state index is 0.438. The van der Waals surface area contributed by atoms with Crippen LogP contribution in [0.3, 0.4) is 0 Å². The predicted molar refractivity (Wildman–Crippen MR) is 69.8 cm³/mol. The summed E-state index contributed by atoms with van der Waals surface area (Å²) in [5, 5.41) is 0.936. The highest BCUT2D eigenvalue weighted by molar-refractivity contribution is 7.07. The number of hydrogen-bond acceptors (Lipinski definition) is 5. The van der Waals surface area contributed by atoms with E-state index in [1.807, 2.05) is 0 Å². The first-order chi connectivity index (χ1) is 8.20. The van der Waals surface area contributed by atoms with Gasteiger partial charge in [0.05, 0.1) is 10.7 Å². The zero-order valence-electron chi connectivity index (χ0n) is 9.31. The van der Waals surface area contributed by atoms with Crippen molar-refractivity contribution in [2.75, 3.05) is 5.73 Å². The Kier molecular flexibility index (Phi) is 3.81. The largest absolute Gasteiger partial charge is 0.426 e. The molecule has 2 N–H and O–H groups in total. The highest BCUT2D eigenvalue weighted by Gasteiger charge is 2.10. The van der Waals surface area contributed by atoms with Gasteiger partial charge in [0.2, 0.25) is 0 Å². The summed E-state index contributed by atoms with van der Waals surface area (Å²) in [5.41, 5.74) is 6.27. The van der Waals surface area contributed by atoms with Crippen molar-refractivity contribution in [2.45, 2.75) is 19.8 Å². The number of rotatable bonds is 4. The van der Waals surface area contributed by atoms with Gasteiger partial charge < -0.3 is 10.5 Å². The molecule has 0 amide bonds. The second-order valence-corrected chi connectivity index (χ2v) is 4.61. The smallest absolute Gasteiger partial charge is 0.298 e. The quantitative estimate of drug-likeness (QED) is 0.863. The molecule has 0 unspecified atom stereocenters. The molecule has 1 heterocycles. The maximum Gasteiger partial charge on any atom is 0.298 e. The third-order valence-electron chi connectivity index (χ3n) is 2.11. The monoisotopic (exact) mass is 269 g/mol. The zero-order valence-corrected chi connectivity index (χ0v) is 10.9. The summed E-state index contributed by atoms with van der Waals surface area (Å²) in [6.07, 6.45) is 1.85. The van der Waals surface area contributed by atoms with E-state index >= 15 is 0 Å². The second kappa shape index (κ2) is 5.33. The molecule has 0 aliphatic rings. The number of anilines is 1. The number of halogens is 1. The molecule has 1 aromatic carbocycles. The number of nitrogens with two attached hydrogens (primary N) is 1. The van der Waals surface area contributed by atoms with E-state index in [1.165, 1.54) is 11.5 Å². The number of nitrogens with zero attached hydrogens (tertiary/aromatic N) is 2. The molecule has 6 heteroatoms. The van der Waals surface area contributed by atoms with Gasteiger partial charge in [-0.25, -0.2) is 0 Å². The van der Waals surface area contributed by atoms with Crippen molar-refractivity contribution in [1.82, 2.24) is 9.36 Å². The molecular weight excluding hydrogens is 258 g/mol. The van der Waals surface area contributed by atoms with Crippen LogP contribution in [0.15, 0.2) is 18.2 Å². The van der Waals surface area contributed by atoms with E-state index in [1.54, 1.807) is 18.2 Å². The second-order valence-electron chi connectivity index (χ2n) is 3.49. The first-order valence-electron chi connectivity index (χ1n) is 5.25. The molecular formula is C11H12ClN3OS. The molecule has 0 saturated heterocycles. The van der Waals surface area contributed by atoms with Gasteiger partial charge >= 0.3 is 0 Å². The lowest BCUT2D eigenvalue weighted by Crippen LogP contribution is -1.93. The first kappa shape index (κ1) is 12.1. The lowest BCUT2D eigenvalue weighted by molar-refractivity contribution is 0.479. The summed E-state index contributed by atoms with van der Waals surface area (Å²) in [4.78, 5) is 4.25. The molecule has 0 saturated carbocycles. The van der Waals surface area contributed by atoms with Crippen molar-refractivity contribution in [3.63, 3.8) is 0 Å². The molecule has 0 aliphatic heterocycles. The van der Waals surface area contributed by atoms with E-state index in [4.69, 9.17) is 22.1 Å². The summed E-state index contributed by atoms with van der Waals surface area (Å²) in [7, 11) is 0. The van der Waals surface area contributed by atoms with Gasteiger partial charge in [-0.3, -0.25) is 0 Å². The van der Waals surface area contributed by atoms with E-state index < -0.39 is 0 Å². The summed E-state index contributed by atoms with van der Waals surface area (Å²) >= 11 is 7.20. The molecule has 0 atom stereocenters. The van der Waals surface area contributed by atoms with Crippen LogP contribution in [0.25, 0.3) is 0 Å². The topological polar surface area (TPSA) is 61.0 Å². The van der Waals surface area contributed by atoms with Gasteiger partial charge in [-0.1, -0.05) is 24.6 Å². The van der Waals surface area contributed by atoms with E-state index in [0.717, 1.165) is 18.7 Å². The first-order valence-corrected chi connectivity index (χ1v) is 6.40. The van der Waals surface area contributed by atoms with Crippen LogP contribution in [0.5, 0.6) is 10.9 Å². The fourth-order valence-corrected chi connectivity index (χ4v) is 2.13. The average molecular weight is 270 g/mol. The minimum atomic E-state index is 0.438. The molecule has 0 aliphatic carbocycles. The van der Waals surface area contributed by atoms with Gasteiger partial charge in [-0.05, 0) is 18.6 Å². The van der Waals surface area contributed by atoms with Gasteiger partial charge in [0.15, 0.2) is 5.75 Å². The molecule has 0 fully saturated rings. The van der Waals surface area contributed by atoms with E-state index in [9.17, 15) is 0 Å². The summed E-state index contributed by atoms with van der Waals surface area (Å²) in [6.45, 7) is 2.08. The maximum atomic E-state index is 6.00. The van der Waals surface area contributed by atoms with Crippen molar-refractivity contribution in [3.05, 3.63) is 29.0 Å². The van der Waals surface area contributed by atoms with Crippen LogP contribution in [-0.2, 0) is 6.42 Å². The SMILES string of the molecule is CCCc1nsc(Oc2c(N)cccc2Cl)n1.